The Morgan fingerprint density at radius 2 is 1.73 bits per heavy atom. The third kappa shape index (κ3) is 4.10. The summed E-state index contributed by atoms with van der Waals surface area (Å²) >= 11 is 0. The Hall–Kier alpha value is -3.29. The Labute approximate surface area is 191 Å². The molecule has 0 bridgehead atoms. The minimum atomic E-state index is -1.09. The fraction of sp³-hybridized carbons (Fsp3) is 0.308. The van der Waals surface area contributed by atoms with Gasteiger partial charge in [0.2, 0.25) is 0 Å². The van der Waals surface area contributed by atoms with Crippen LogP contribution in [0.5, 0.6) is 0 Å². The standard InChI is InChI=1S/C26H26FNO5/c1-32-26(33-2)16-6-5-8-20(26)17-10-12-18(13-11-17)24(29)28-22(14-15-23(28)25(30)31)19-7-3-4-9-21(19)27/h3-13,16,20,22-23H,14-15H2,1-2H3,(H,30,31)/t20?,22-,23+/m1/s1. The van der Waals surface area contributed by atoms with Gasteiger partial charge in [0.25, 0.3) is 5.91 Å². The van der Waals surface area contributed by atoms with Crippen molar-refractivity contribution in [1.82, 2.24) is 4.90 Å². The molecule has 1 fully saturated rings. The Morgan fingerprint density at radius 3 is 2.36 bits per heavy atom. The number of nitrogens with zero attached hydrogens (tertiary/aromatic N) is 1. The predicted octanol–water partition coefficient (Wildman–Crippen LogP) is 4.45. The van der Waals surface area contributed by atoms with E-state index in [1.807, 2.05) is 24.3 Å². The molecule has 0 saturated carbocycles. The molecule has 2 aromatic rings. The van der Waals surface area contributed by atoms with Gasteiger partial charge in [0.1, 0.15) is 11.9 Å². The van der Waals surface area contributed by atoms with Crippen LogP contribution in [0.4, 0.5) is 4.39 Å². The van der Waals surface area contributed by atoms with Crippen molar-refractivity contribution in [3.05, 3.63) is 95.3 Å². The van der Waals surface area contributed by atoms with Crippen LogP contribution in [0.2, 0.25) is 0 Å². The van der Waals surface area contributed by atoms with Gasteiger partial charge in [-0.15, -0.1) is 0 Å². The number of ether oxygens (including phenoxy) is 2. The fourth-order valence-corrected chi connectivity index (χ4v) is 4.79. The number of hydrogen-bond acceptors (Lipinski definition) is 4. The summed E-state index contributed by atoms with van der Waals surface area (Å²) in [7, 11) is 3.14. The average Bonchev–Trinajstić information content (AvgIpc) is 3.29. The van der Waals surface area contributed by atoms with Crippen molar-refractivity contribution >= 4 is 11.9 Å². The number of carboxylic acids is 1. The molecule has 2 aliphatic rings. The zero-order valence-electron chi connectivity index (χ0n) is 18.5. The molecule has 1 saturated heterocycles. The highest BCUT2D eigenvalue weighted by molar-refractivity contribution is 5.97. The fourth-order valence-electron chi connectivity index (χ4n) is 4.79. The smallest absolute Gasteiger partial charge is 0.326 e. The zero-order chi connectivity index (χ0) is 23.6. The molecule has 4 rings (SSSR count). The highest BCUT2D eigenvalue weighted by Gasteiger charge is 2.43. The normalized spacial score (nSPS) is 23.6. The van der Waals surface area contributed by atoms with Crippen LogP contribution < -0.4 is 0 Å². The molecule has 33 heavy (non-hydrogen) atoms. The first-order chi connectivity index (χ1) is 15.9. The second kappa shape index (κ2) is 9.29. The van der Waals surface area contributed by atoms with Crippen LogP contribution in [0.1, 0.15) is 46.3 Å². The molecular formula is C26H26FNO5. The van der Waals surface area contributed by atoms with Crippen molar-refractivity contribution in [3.8, 4) is 0 Å². The quantitative estimate of drug-likeness (QED) is 0.657. The lowest BCUT2D eigenvalue weighted by Crippen LogP contribution is -2.42. The molecule has 1 unspecified atom stereocenters. The number of likely N-dealkylation sites (tertiary alicyclic amines) is 1. The molecule has 0 aromatic heterocycles. The maximum absolute atomic E-state index is 14.5. The summed E-state index contributed by atoms with van der Waals surface area (Å²) in [4.78, 5) is 26.6. The van der Waals surface area contributed by atoms with Crippen molar-refractivity contribution in [3.63, 3.8) is 0 Å². The van der Waals surface area contributed by atoms with Crippen LogP contribution in [0, 0.1) is 5.82 Å². The molecular weight excluding hydrogens is 425 g/mol. The highest BCUT2D eigenvalue weighted by atomic mass is 19.1. The zero-order valence-corrected chi connectivity index (χ0v) is 18.5. The van der Waals surface area contributed by atoms with E-state index in [1.165, 1.54) is 11.0 Å². The van der Waals surface area contributed by atoms with Gasteiger partial charge < -0.3 is 19.5 Å². The molecule has 7 heteroatoms. The third-order valence-corrected chi connectivity index (χ3v) is 6.50. The minimum absolute atomic E-state index is 0.230. The number of aliphatic carboxylic acids is 1. The molecule has 172 valence electrons. The van der Waals surface area contributed by atoms with E-state index in [0.29, 0.717) is 17.5 Å². The number of carbonyl (C=O) groups excluding carboxylic acids is 1. The minimum Gasteiger partial charge on any atom is -0.480 e. The first-order valence-electron chi connectivity index (χ1n) is 10.8. The van der Waals surface area contributed by atoms with Gasteiger partial charge in [-0.2, -0.15) is 0 Å². The Morgan fingerprint density at radius 1 is 1.03 bits per heavy atom. The monoisotopic (exact) mass is 451 g/mol. The third-order valence-electron chi connectivity index (χ3n) is 6.50. The van der Waals surface area contributed by atoms with E-state index in [0.717, 1.165) is 5.56 Å². The molecule has 3 atom stereocenters. The highest BCUT2D eigenvalue weighted by Crippen LogP contribution is 2.40. The van der Waals surface area contributed by atoms with Gasteiger partial charge in [-0.1, -0.05) is 48.6 Å². The van der Waals surface area contributed by atoms with Crippen molar-refractivity contribution in [2.24, 2.45) is 0 Å². The summed E-state index contributed by atoms with van der Waals surface area (Å²) in [6, 6.07) is 11.5. The number of amides is 1. The number of benzene rings is 2. The second-order valence-corrected chi connectivity index (χ2v) is 8.15. The topological polar surface area (TPSA) is 76.1 Å². The molecule has 2 aromatic carbocycles. The van der Waals surface area contributed by atoms with Crippen LogP contribution >= 0.6 is 0 Å². The number of hydrogen-bond donors (Lipinski definition) is 1. The van der Waals surface area contributed by atoms with Gasteiger partial charge in [0.15, 0.2) is 5.79 Å². The number of allylic oxidation sites excluding steroid dienone is 2. The van der Waals surface area contributed by atoms with Crippen LogP contribution in [0.3, 0.4) is 0 Å². The molecule has 0 spiro atoms. The van der Waals surface area contributed by atoms with E-state index in [1.54, 1.807) is 56.7 Å². The maximum atomic E-state index is 14.5. The van der Waals surface area contributed by atoms with Gasteiger partial charge in [0, 0.05) is 25.3 Å². The van der Waals surface area contributed by atoms with E-state index >= 15 is 0 Å². The Balaban J connectivity index is 1.65. The van der Waals surface area contributed by atoms with Gasteiger partial charge in [-0.3, -0.25) is 4.79 Å². The van der Waals surface area contributed by atoms with E-state index in [2.05, 4.69) is 0 Å². The van der Waals surface area contributed by atoms with Crippen molar-refractivity contribution in [1.29, 1.82) is 0 Å². The first kappa shape index (κ1) is 22.9. The summed E-state index contributed by atoms with van der Waals surface area (Å²) in [6.45, 7) is 0. The molecule has 1 aliphatic heterocycles. The number of carbonyl (C=O) groups is 2. The molecule has 1 aliphatic carbocycles. The Kier molecular flexibility index (Phi) is 6.44. The van der Waals surface area contributed by atoms with Crippen LogP contribution in [0.25, 0.3) is 0 Å². The Bertz CT molecular complexity index is 1090. The van der Waals surface area contributed by atoms with E-state index in [9.17, 15) is 19.1 Å². The molecule has 1 amide bonds. The van der Waals surface area contributed by atoms with E-state index in [-0.39, 0.29) is 12.3 Å². The molecule has 1 N–H and O–H groups in total. The predicted molar refractivity (Wildman–Crippen MR) is 120 cm³/mol. The van der Waals surface area contributed by atoms with Gasteiger partial charge in [0.05, 0.1) is 12.0 Å². The molecule has 6 nitrogen and oxygen atoms in total. The van der Waals surface area contributed by atoms with Gasteiger partial charge in [-0.05, 0) is 42.7 Å². The molecule has 0 radical (unpaired) electrons. The lowest BCUT2D eigenvalue weighted by molar-refractivity contribution is -0.178. The van der Waals surface area contributed by atoms with Crippen LogP contribution in [-0.4, -0.2) is 47.9 Å². The SMILES string of the molecule is COC1(OC)C=CC=CC1c1ccc(C(=O)N2[C@@H](c3ccccc3F)CC[C@H]2C(=O)O)cc1. The van der Waals surface area contributed by atoms with E-state index in [4.69, 9.17) is 9.47 Å². The summed E-state index contributed by atoms with van der Waals surface area (Å²) < 4.78 is 25.8. The lowest BCUT2D eigenvalue weighted by Gasteiger charge is -2.36. The lowest BCUT2D eigenvalue weighted by atomic mass is 9.86. The maximum Gasteiger partial charge on any atom is 0.326 e. The second-order valence-electron chi connectivity index (χ2n) is 8.15. The average molecular weight is 451 g/mol. The number of methoxy groups -OCH3 is 2. The largest absolute Gasteiger partial charge is 0.480 e. The summed E-state index contributed by atoms with van der Waals surface area (Å²) in [6.07, 6.45) is 8.19. The van der Waals surface area contributed by atoms with E-state index < -0.39 is 35.6 Å². The van der Waals surface area contributed by atoms with Gasteiger partial charge in [-0.25, -0.2) is 9.18 Å². The first-order valence-corrected chi connectivity index (χ1v) is 10.8. The molecule has 1 heterocycles. The summed E-state index contributed by atoms with van der Waals surface area (Å²) in [5, 5.41) is 9.71. The number of rotatable bonds is 6. The van der Waals surface area contributed by atoms with Crippen molar-refractivity contribution in [2.75, 3.05) is 14.2 Å². The number of halogens is 1. The summed E-state index contributed by atoms with van der Waals surface area (Å²) in [5.41, 5.74) is 1.54. The van der Waals surface area contributed by atoms with Crippen molar-refractivity contribution in [2.45, 2.75) is 36.6 Å². The van der Waals surface area contributed by atoms with Gasteiger partial charge >= 0.3 is 5.97 Å². The number of carboxylic acid groups (broad SMARTS) is 1. The van der Waals surface area contributed by atoms with Crippen molar-refractivity contribution < 1.29 is 28.6 Å². The van der Waals surface area contributed by atoms with Crippen LogP contribution in [0.15, 0.2) is 72.8 Å². The summed E-state index contributed by atoms with van der Waals surface area (Å²) in [5.74, 6) is -3.17. The van der Waals surface area contributed by atoms with Crippen LogP contribution in [-0.2, 0) is 14.3 Å².